The van der Waals surface area contributed by atoms with Gasteiger partial charge in [0.15, 0.2) is 0 Å². The Morgan fingerprint density at radius 3 is 2.73 bits per heavy atom. The lowest BCUT2D eigenvalue weighted by molar-refractivity contribution is 0.0656. The second-order valence-corrected chi connectivity index (χ2v) is 3.47. The van der Waals surface area contributed by atoms with Crippen molar-refractivity contribution in [3.05, 3.63) is 12.2 Å². The zero-order valence-corrected chi connectivity index (χ0v) is 7.71. The highest BCUT2D eigenvalue weighted by atomic mass is 16.5. The molecular formula is C10H18O. The molecule has 0 bridgehead atoms. The van der Waals surface area contributed by atoms with Crippen LogP contribution in [0.2, 0.25) is 0 Å². The summed E-state index contributed by atoms with van der Waals surface area (Å²) in [5, 5.41) is 0. The summed E-state index contributed by atoms with van der Waals surface area (Å²) in [4.78, 5) is 0. The van der Waals surface area contributed by atoms with Crippen LogP contribution in [0.25, 0.3) is 0 Å². The molecule has 64 valence electrons. The van der Waals surface area contributed by atoms with Gasteiger partial charge in [-0.25, -0.2) is 0 Å². The Morgan fingerprint density at radius 2 is 2.27 bits per heavy atom. The van der Waals surface area contributed by atoms with Gasteiger partial charge in [0, 0.05) is 0 Å². The lowest BCUT2D eigenvalue weighted by atomic mass is 9.89. The maximum atomic E-state index is 5.53. The Bertz CT molecular complexity index is 140. The molecule has 0 radical (unpaired) electrons. The van der Waals surface area contributed by atoms with Crippen molar-refractivity contribution >= 4 is 0 Å². The topological polar surface area (TPSA) is 9.23 Å². The molecule has 0 aliphatic carbocycles. The predicted molar refractivity (Wildman–Crippen MR) is 47.5 cm³/mol. The largest absolute Gasteiger partial charge is 0.370 e. The third kappa shape index (κ3) is 2.06. The lowest BCUT2D eigenvalue weighted by Crippen LogP contribution is -2.22. The Hall–Kier alpha value is -0.300. The van der Waals surface area contributed by atoms with Crippen LogP contribution < -0.4 is 0 Å². The van der Waals surface area contributed by atoms with Crippen molar-refractivity contribution < 1.29 is 4.74 Å². The molecule has 1 aliphatic heterocycles. The van der Waals surface area contributed by atoms with Gasteiger partial charge < -0.3 is 4.74 Å². The lowest BCUT2D eigenvalue weighted by Gasteiger charge is -2.23. The van der Waals surface area contributed by atoms with Crippen LogP contribution in [-0.4, -0.2) is 12.7 Å². The zero-order chi connectivity index (χ0) is 8.27. The molecule has 0 aromatic carbocycles. The van der Waals surface area contributed by atoms with E-state index in [2.05, 4.69) is 32.9 Å². The molecule has 3 atom stereocenters. The van der Waals surface area contributed by atoms with E-state index in [1.165, 1.54) is 6.42 Å². The summed E-state index contributed by atoms with van der Waals surface area (Å²) < 4.78 is 5.53. The number of hydrogen-bond acceptors (Lipinski definition) is 1. The van der Waals surface area contributed by atoms with Crippen molar-refractivity contribution in [3.8, 4) is 0 Å². The first kappa shape index (κ1) is 8.79. The maximum absolute atomic E-state index is 5.53. The van der Waals surface area contributed by atoms with Crippen LogP contribution in [0.5, 0.6) is 0 Å². The summed E-state index contributed by atoms with van der Waals surface area (Å²) in [7, 11) is 0. The van der Waals surface area contributed by atoms with Crippen molar-refractivity contribution in [3.63, 3.8) is 0 Å². The summed E-state index contributed by atoms with van der Waals surface area (Å²) in [6.07, 6.45) is 5.93. The average Bonchev–Trinajstić information content (AvgIpc) is 2.53. The zero-order valence-electron chi connectivity index (χ0n) is 7.71. The van der Waals surface area contributed by atoms with Gasteiger partial charge >= 0.3 is 0 Å². The van der Waals surface area contributed by atoms with Crippen LogP contribution in [0.1, 0.15) is 27.2 Å². The molecule has 0 spiro atoms. The molecule has 0 saturated carbocycles. The van der Waals surface area contributed by atoms with Gasteiger partial charge in [0.25, 0.3) is 0 Å². The molecular weight excluding hydrogens is 136 g/mol. The minimum absolute atomic E-state index is 0.380. The van der Waals surface area contributed by atoms with Crippen molar-refractivity contribution in [1.82, 2.24) is 0 Å². The summed E-state index contributed by atoms with van der Waals surface area (Å²) in [6, 6.07) is 0. The van der Waals surface area contributed by atoms with Crippen LogP contribution >= 0.6 is 0 Å². The van der Waals surface area contributed by atoms with Crippen LogP contribution in [0.15, 0.2) is 12.2 Å². The molecule has 1 rings (SSSR count). The first-order valence-corrected chi connectivity index (χ1v) is 4.54. The minimum Gasteiger partial charge on any atom is -0.370 e. The Morgan fingerprint density at radius 1 is 1.55 bits per heavy atom. The third-order valence-electron chi connectivity index (χ3n) is 2.77. The first-order chi connectivity index (χ1) is 5.25. The molecule has 1 heterocycles. The van der Waals surface area contributed by atoms with Crippen molar-refractivity contribution in [2.45, 2.75) is 33.3 Å². The smallest absolute Gasteiger partial charge is 0.0788 e. The van der Waals surface area contributed by atoms with E-state index in [0.717, 1.165) is 12.5 Å². The molecule has 1 heteroatoms. The normalized spacial score (nSPS) is 28.8. The van der Waals surface area contributed by atoms with Gasteiger partial charge in [-0.3, -0.25) is 0 Å². The average molecular weight is 154 g/mol. The van der Waals surface area contributed by atoms with Gasteiger partial charge in [0.2, 0.25) is 0 Å². The SMILES string of the molecule is CCC(C)C(C)C1C=CCO1. The molecule has 0 amide bonds. The Balaban J connectivity index is 2.39. The van der Waals surface area contributed by atoms with E-state index < -0.39 is 0 Å². The van der Waals surface area contributed by atoms with Gasteiger partial charge in [-0.05, 0) is 11.8 Å². The summed E-state index contributed by atoms with van der Waals surface area (Å²) >= 11 is 0. The van der Waals surface area contributed by atoms with Gasteiger partial charge in [0.1, 0.15) is 0 Å². The molecule has 0 N–H and O–H groups in total. The quantitative estimate of drug-likeness (QED) is 0.568. The second-order valence-electron chi connectivity index (χ2n) is 3.47. The van der Waals surface area contributed by atoms with E-state index in [9.17, 15) is 0 Å². The van der Waals surface area contributed by atoms with E-state index in [1.807, 2.05) is 0 Å². The van der Waals surface area contributed by atoms with E-state index in [-0.39, 0.29) is 0 Å². The molecule has 11 heavy (non-hydrogen) atoms. The Labute approximate surface area is 69.4 Å². The van der Waals surface area contributed by atoms with Crippen LogP contribution in [0.3, 0.4) is 0 Å². The second kappa shape index (κ2) is 3.91. The Kier molecular flexibility index (Phi) is 3.13. The van der Waals surface area contributed by atoms with Crippen molar-refractivity contribution in [2.24, 2.45) is 11.8 Å². The predicted octanol–water partition coefficient (Wildman–Crippen LogP) is 2.62. The molecule has 1 nitrogen and oxygen atoms in total. The first-order valence-electron chi connectivity index (χ1n) is 4.54. The summed E-state index contributed by atoms with van der Waals surface area (Å²) in [5.41, 5.74) is 0. The number of rotatable bonds is 3. The highest BCUT2D eigenvalue weighted by Gasteiger charge is 2.21. The molecule has 0 saturated heterocycles. The maximum Gasteiger partial charge on any atom is 0.0788 e. The minimum atomic E-state index is 0.380. The molecule has 0 fully saturated rings. The fourth-order valence-electron chi connectivity index (χ4n) is 1.43. The fourth-order valence-corrected chi connectivity index (χ4v) is 1.43. The highest BCUT2D eigenvalue weighted by Crippen LogP contribution is 2.23. The van der Waals surface area contributed by atoms with E-state index in [0.29, 0.717) is 12.0 Å². The number of hydrogen-bond donors (Lipinski definition) is 0. The van der Waals surface area contributed by atoms with Crippen molar-refractivity contribution in [1.29, 1.82) is 0 Å². The highest BCUT2D eigenvalue weighted by molar-refractivity contribution is 4.98. The van der Waals surface area contributed by atoms with Gasteiger partial charge in [-0.1, -0.05) is 39.3 Å². The molecule has 0 aromatic rings. The van der Waals surface area contributed by atoms with Gasteiger partial charge in [-0.15, -0.1) is 0 Å². The van der Waals surface area contributed by atoms with Crippen molar-refractivity contribution in [2.75, 3.05) is 6.61 Å². The van der Waals surface area contributed by atoms with Gasteiger partial charge in [0.05, 0.1) is 12.7 Å². The van der Waals surface area contributed by atoms with E-state index >= 15 is 0 Å². The fraction of sp³-hybridized carbons (Fsp3) is 0.800. The summed E-state index contributed by atoms with van der Waals surface area (Å²) in [5.74, 6) is 1.43. The monoisotopic (exact) mass is 154 g/mol. The standard InChI is InChI=1S/C10H18O/c1-4-8(2)9(3)10-6-5-7-11-10/h5-6,8-10H,4,7H2,1-3H3. The third-order valence-corrected chi connectivity index (χ3v) is 2.77. The van der Waals surface area contributed by atoms with Crippen LogP contribution in [0.4, 0.5) is 0 Å². The number of ether oxygens (including phenoxy) is 1. The van der Waals surface area contributed by atoms with E-state index in [4.69, 9.17) is 4.74 Å². The summed E-state index contributed by atoms with van der Waals surface area (Å²) in [6.45, 7) is 7.61. The molecule has 3 unspecified atom stereocenters. The van der Waals surface area contributed by atoms with E-state index in [1.54, 1.807) is 0 Å². The van der Waals surface area contributed by atoms with Crippen LogP contribution in [0, 0.1) is 11.8 Å². The van der Waals surface area contributed by atoms with Crippen LogP contribution in [-0.2, 0) is 4.74 Å². The van der Waals surface area contributed by atoms with Gasteiger partial charge in [-0.2, -0.15) is 0 Å². The molecule has 0 aromatic heterocycles. The molecule has 1 aliphatic rings.